The second-order valence-electron chi connectivity index (χ2n) is 5.49. The summed E-state index contributed by atoms with van der Waals surface area (Å²) >= 11 is 6.03. The molecule has 2 atom stereocenters. The first-order chi connectivity index (χ1) is 9.56. The molecule has 0 spiro atoms. The number of hydrogen-bond acceptors (Lipinski definition) is 0. The summed E-state index contributed by atoms with van der Waals surface area (Å²) in [6, 6.07) is 14.9. The van der Waals surface area contributed by atoms with Crippen LogP contribution >= 0.6 is 11.6 Å². The van der Waals surface area contributed by atoms with Crippen LogP contribution in [0.25, 0.3) is 0 Å². The van der Waals surface area contributed by atoms with Crippen molar-refractivity contribution in [1.29, 1.82) is 0 Å². The monoisotopic (exact) mass is 290 g/mol. The van der Waals surface area contributed by atoms with Gasteiger partial charge < -0.3 is 0 Å². The molecule has 0 aliphatic heterocycles. The van der Waals surface area contributed by atoms with Gasteiger partial charge in [0.2, 0.25) is 0 Å². The van der Waals surface area contributed by atoms with Crippen molar-refractivity contribution in [2.75, 3.05) is 0 Å². The summed E-state index contributed by atoms with van der Waals surface area (Å²) in [5, 5.41) is 0.793. The first-order valence-electron chi connectivity index (χ1n) is 7.07. The Balaban J connectivity index is 1.93. The Kier molecular flexibility index (Phi) is 5.19. The highest BCUT2D eigenvalue weighted by molar-refractivity contribution is 6.30. The van der Waals surface area contributed by atoms with E-state index in [0.717, 1.165) is 17.9 Å². The minimum Gasteiger partial charge on any atom is -0.207 e. The quantitative estimate of drug-likeness (QED) is 0.618. The third-order valence-electron chi connectivity index (χ3n) is 3.89. The molecule has 0 aromatic heterocycles. The minimum atomic E-state index is -0.173. The lowest BCUT2D eigenvalue weighted by Crippen LogP contribution is -1.99. The maximum absolute atomic E-state index is 12.9. The Bertz CT molecular complexity index is 548. The maximum atomic E-state index is 12.9. The van der Waals surface area contributed by atoms with E-state index in [2.05, 4.69) is 19.9 Å². The van der Waals surface area contributed by atoms with Gasteiger partial charge >= 0.3 is 0 Å². The van der Waals surface area contributed by atoms with Crippen LogP contribution in [0.15, 0.2) is 48.5 Å². The molecule has 0 saturated carbocycles. The fourth-order valence-corrected chi connectivity index (χ4v) is 2.64. The minimum absolute atomic E-state index is 0.173. The number of rotatable bonds is 5. The zero-order valence-electron chi connectivity index (χ0n) is 11.9. The summed E-state index contributed by atoms with van der Waals surface area (Å²) in [6.45, 7) is 4.42. The topological polar surface area (TPSA) is 0 Å². The van der Waals surface area contributed by atoms with Gasteiger partial charge in [-0.2, -0.15) is 0 Å². The molecule has 0 nitrogen and oxygen atoms in total. The molecule has 0 aliphatic carbocycles. The highest BCUT2D eigenvalue weighted by atomic mass is 35.5. The molecule has 20 heavy (non-hydrogen) atoms. The second-order valence-corrected chi connectivity index (χ2v) is 5.92. The molecule has 0 heterocycles. The first-order valence-corrected chi connectivity index (χ1v) is 7.45. The van der Waals surface area contributed by atoms with Gasteiger partial charge in [-0.25, -0.2) is 4.39 Å². The highest BCUT2D eigenvalue weighted by Gasteiger charge is 2.10. The molecule has 106 valence electrons. The molecule has 0 N–H and O–H groups in total. The van der Waals surface area contributed by atoms with E-state index in [9.17, 15) is 4.39 Å². The molecule has 2 heteroatoms. The van der Waals surface area contributed by atoms with Crippen LogP contribution in [-0.2, 0) is 0 Å². The normalized spacial score (nSPS) is 14.0. The lowest BCUT2D eigenvalue weighted by atomic mass is 9.89. The van der Waals surface area contributed by atoms with Crippen LogP contribution in [-0.4, -0.2) is 0 Å². The van der Waals surface area contributed by atoms with Gasteiger partial charge in [0.05, 0.1) is 0 Å². The van der Waals surface area contributed by atoms with Crippen molar-refractivity contribution in [2.45, 2.75) is 38.5 Å². The Morgan fingerprint density at radius 3 is 2.10 bits per heavy atom. The van der Waals surface area contributed by atoms with Gasteiger partial charge in [-0.3, -0.25) is 0 Å². The second kappa shape index (κ2) is 6.90. The third-order valence-corrected chi connectivity index (χ3v) is 4.12. The van der Waals surface area contributed by atoms with Crippen molar-refractivity contribution >= 4 is 11.6 Å². The van der Waals surface area contributed by atoms with Gasteiger partial charge in [0.15, 0.2) is 0 Å². The molecular formula is C18H20ClF. The number of hydrogen-bond donors (Lipinski definition) is 0. The molecule has 0 radical (unpaired) electrons. The molecule has 0 fully saturated rings. The predicted molar refractivity (Wildman–Crippen MR) is 83.9 cm³/mol. The summed E-state index contributed by atoms with van der Waals surface area (Å²) in [6.07, 6.45) is 2.18. The van der Waals surface area contributed by atoms with E-state index < -0.39 is 0 Å². The van der Waals surface area contributed by atoms with E-state index in [0.29, 0.717) is 11.8 Å². The van der Waals surface area contributed by atoms with Crippen LogP contribution in [0.4, 0.5) is 4.39 Å². The molecule has 2 rings (SSSR count). The molecular weight excluding hydrogens is 271 g/mol. The Morgan fingerprint density at radius 1 is 0.900 bits per heavy atom. The standard InChI is InChI=1S/C18H20ClF/c1-13(15-8-10-18(20)11-9-15)6-7-14(2)16-4-3-5-17(19)12-16/h3-5,8-14H,6-7H2,1-2H3. The zero-order valence-corrected chi connectivity index (χ0v) is 12.7. The third kappa shape index (κ3) is 4.08. The van der Waals surface area contributed by atoms with Crippen LogP contribution in [0.1, 0.15) is 49.7 Å². The van der Waals surface area contributed by atoms with Crippen LogP contribution in [0, 0.1) is 5.82 Å². The number of halogens is 2. The Hall–Kier alpha value is -1.34. The fourth-order valence-electron chi connectivity index (χ4n) is 2.44. The average molecular weight is 291 g/mol. The molecule has 0 aliphatic rings. The molecule has 0 saturated heterocycles. The largest absolute Gasteiger partial charge is 0.207 e. The average Bonchev–Trinajstić information content (AvgIpc) is 2.45. The highest BCUT2D eigenvalue weighted by Crippen LogP contribution is 2.28. The van der Waals surface area contributed by atoms with Crippen molar-refractivity contribution in [3.05, 3.63) is 70.5 Å². The van der Waals surface area contributed by atoms with Crippen molar-refractivity contribution < 1.29 is 4.39 Å². The van der Waals surface area contributed by atoms with Crippen LogP contribution in [0.5, 0.6) is 0 Å². The van der Waals surface area contributed by atoms with E-state index in [4.69, 9.17) is 11.6 Å². The Labute approximate surface area is 125 Å². The van der Waals surface area contributed by atoms with Crippen molar-refractivity contribution in [1.82, 2.24) is 0 Å². The molecule has 2 aromatic carbocycles. The molecule has 0 amide bonds. The van der Waals surface area contributed by atoms with E-state index >= 15 is 0 Å². The Morgan fingerprint density at radius 2 is 1.50 bits per heavy atom. The fraction of sp³-hybridized carbons (Fsp3) is 0.333. The van der Waals surface area contributed by atoms with Gasteiger partial charge in [0, 0.05) is 5.02 Å². The summed E-state index contributed by atoms with van der Waals surface area (Å²) in [4.78, 5) is 0. The zero-order chi connectivity index (χ0) is 14.5. The summed E-state index contributed by atoms with van der Waals surface area (Å²) in [5.74, 6) is 0.752. The van der Waals surface area contributed by atoms with Crippen molar-refractivity contribution in [2.24, 2.45) is 0 Å². The maximum Gasteiger partial charge on any atom is 0.123 e. The summed E-state index contributed by atoms with van der Waals surface area (Å²) < 4.78 is 12.9. The van der Waals surface area contributed by atoms with Crippen molar-refractivity contribution in [3.63, 3.8) is 0 Å². The van der Waals surface area contributed by atoms with Gasteiger partial charge in [-0.15, -0.1) is 0 Å². The van der Waals surface area contributed by atoms with Gasteiger partial charge in [0.25, 0.3) is 0 Å². The lowest BCUT2D eigenvalue weighted by molar-refractivity contribution is 0.571. The van der Waals surface area contributed by atoms with E-state index in [1.807, 2.05) is 30.3 Å². The smallest absolute Gasteiger partial charge is 0.123 e. The SMILES string of the molecule is CC(CCC(C)c1cccc(Cl)c1)c1ccc(F)cc1. The summed E-state index contributed by atoms with van der Waals surface area (Å²) in [5.41, 5.74) is 2.48. The van der Waals surface area contributed by atoms with E-state index in [1.165, 1.54) is 23.3 Å². The first kappa shape index (κ1) is 15.1. The molecule has 2 aromatic rings. The van der Waals surface area contributed by atoms with E-state index in [1.54, 1.807) is 0 Å². The molecule has 2 unspecified atom stereocenters. The van der Waals surface area contributed by atoms with Crippen LogP contribution in [0.2, 0.25) is 5.02 Å². The predicted octanol–water partition coefficient (Wildman–Crippen LogP) is 6.17. The van der Waals surface area contributed by atoms with Gasteiger partial charge in [-0.1, -0.05) is 49.7 Å². The lowest BCUT2D eigenvalue weighted by Gasteiger charge is -2.16. The van der Waals surface area contributed by atoms with Crippen LogP contribution in [0.3, 0.4) is 0 Å². The number of benzene rings is 2. The molecule has 0 bridgehead atoms. The van der Waals surface area contributed by atoms with E-state index in [-0.39, 0.29) is 5.82 Å². The van der Waals surface area contributed by atoms with Crippen molar-refractivity contribution in [3.8, 4) is 0 Å². The van der Waals surface area contributed by atoms with Crippen LogP contribution < -0.4 is 0 Å². The van der Waals surface area contributed by atoms with Gasteiger partial charge in [0.1, 0.15) is 5.82 Å². The van der Waals surface area contributed by atoms with Gasteiger partial charge in [-0.05, 0) is 60.1 Å². The summed E-state index contributed by atoms with van der Waals surface area (Å²) in [7, 11) is 0.